The molecule has 1 unspecified atom stereocenters. The van der Waals surface area contributed by atoms with Crippen LogP contribution in [0.15, 0.2) is 59.3 Å². The summed E-state index contributed by atoms with van der Waals surface area (Å²) in [7, 11) is 0. The molecule has 0 aliphatic carbocycles. The van der Waals surface area contributed by atoms with Gasteiger partial charge in [-0.2, -0.15) is 0 Å². The summed E-state index contributed by atoms with van der Waals surface area (Å²) < 4.78 is 5.47. The summed E-state index contributed by atoms with van der Waals surface area (Å²) in [5.41, 5.74) is 7.45. The van der Waals surface area contributed by atoms with E-state index in [-0.39, 0.29) is 24.2 Å². The molecule has 1 fully saturated rings. The van der Waals surface area contributed by atoms with E-state index >= 15 is 0 Å². The predicted octanol–water partition coefficient (Wildman–Crippen LogP) is 2.62. The van der Waals surface area contributed by atoms with Gasteiger partial charge in [-0.25, -0.2) is 9.97 Å². The van der Waals surface area contributed by atoms with Crippen LogP contribution < -0.4 is 16.0 Å². The Hall–Kier alpha value is -3.68. The van der Waals surface area contributed by atoms with E-state index in [2.05, 4.69) is 15.3 Å². The molecule has 30 heavy (non-hydrogen) atoms. The Balaban J connectivity index is 1.34. The number of rotatable bonds is 6. The quantitative estimate of drug-likeness (QED) is 0.652. The van der Waals surface area contributed by atoms with Crippen LogP contribution >= 0.6 is 0 Å². The second kappa shape index (κ2) is 8.77. The fourth-order valence-corrected chi connectivity index (χ4v) is 3.54. The van der Waals surface area contributed by atoms with Crippen molar-refractivity contribution in [1.29, 1.82) is 0 Å². The summed E-state index contributed by atoms with van der Waals surface area (Å²) in [5, 5.41) is 2.82. The maximum Gasteiger partial charge on any atom is 0.230 e. The summed E-state index contributed by atoms with van der Waals surface area (Å²) in [5.74, 6) is 0.627. The fraction of sp³-hybridized carbons (Fsp3) is 0.273. The SMILES string of the molecule is NC(=O)C1CCCN(c2ccc(NC(=O)Cc3coc(-c4ccccc4)n3)cn2)C1. The Morgan fingerprint density at radius 1 is 1.20 bits per heavy atom. The van der Waals surface area contributed by atoms with Gasteiger partial charge >= 0.3 is 0 Å². The summed E-state index contributed by atoms with van der Waals surface area (Å²) in [6.07, 6.45) is 4.92. The van der Waals surface area contributed by atoms with Crippen molar-refractivity contribution < 1.29 is 14.0 Å². The minimum absolute atomic E-state index is 0.102. The van der Waals surface area contributed by atoms with Gasteiger partial charge in [0.25, 0.3) is 0 Å². The zero-order chi connectivity index (χ0) is 20.9. The molecule has 0 bridgehead atoms. The highest BCUT2D eigenvalue weighted by Crippen LogP contribution is 2.23. The van der Waals surface area contributed by atoms with Gasteiger partial charge in [0.2, 0.25) is 17.7 Å². The molecule has 1 saturated heterocycles. The number of nitrogens with one attached hydrogen (secondary N) is 1. The van der Waals surface area contributed by atoms with Crippen molar-refractivity contribution in [1.82, 2.24) is 9.97 Å². The van der Waals surface area contributed by atoms with E-state index < -0.39 is 0 Å². The minimum atomic E-state index is -0.271. The lowest BCUT2D eigenvalue weighted by Crippen LogP contribution is -2.41. The summed E-state index contributed by atoms with van der Waals surface area (Å²) in [6, 6.07) is 13.2. The Morgan fingerprint density at radius 2 is 2.03 bits per heavy atom. The molecular formula is C22H23N5O3. The molecule has 1 aliphatic heterocycles. The smallest absolute Gasteiger partial charge is 0.230 e. The zero-order valence-corrected chi connectivity index (χ0v) is 16.5. The van der Waals surface area contributed by atoms with Crippen LogP contribution in [0, 0.1) is 5.92 Å². The molecule has 2 amide bonds. The molecule has 8 heteroatoms. The van der Waals surface area contributed by atoms with Gasteiger partial charge in [-0.3, -0.25) is 9.59 Å². The zero-order valence-electron chi connectivity index (χ0n) is 16.5. The first-order valence-electron chi connectivity index (χ1n) is 9.88. The molecule has 4 rings (SSSR count). The number of hydrogen-bond donors (Lipinski definition) is 2. The number of anilines is 2. The number of pyridine rings is 1. The van der Waals surface area contributed by atoms with E-state index in [1.165, 1.54) is 6.26 Å². The lowest BCUT2D eigenvalue weighted by molar-refractivity contribution is -0.122. The molecule has 1 aliphatic rings. The number of nitrogens with two attached hydrogens (primary N) is 1. The second-order valence-electron chi connectivity index (χ2n) is 7.33. The lowest BCUT2D eigenvalue weighted by Gasteiger charge is -2.32. The number of aromatic nitrogens is 2. The molecule has 0 radical (unpaired) electrons. The van der Waals surface area contributed by atoms with Gasteiger partial charge in [-0.15, -0.1) is 0 Å². The van der Waals surface area contributed by atoms with E-state index in [0.717, 1.165) is 30.8 Å². The Morgan fingerprint density at radius 3 is 2.77 bits per heavy atom. The van der Waals surface area contributed by atoms with Crippen LogP contribution in [-0.2, 0) is 16.0 Å². The van der Waals surface area contributed by atoms with Crippen molar-refractivity contribution in [3.63, 3.8) is 0 Å². The van der Waals surface area contributed by atoms with E-state index in [1.54, 1.807) is 12.3 Å². The normalized spacial score (nSPS) is 16.3. The van der Waals surface area contributed by atoms with Gasteiger partial charge in [0.05, 0.1) is 29.9 Å². The average molecular weight is 405 g/mol. The van der Waals surface area contributed by atoms with Crippen molar-refractivity contribution in [3.05, 3.63) is 60.6 Å². The Labute approximate surface area is 174 Å². The predicted molar refractivity (Wildman–Crippen MR) is 113 cm³/mol. The van der Waals surface area contributed by atoms with E-state index in [4.69, 9.17) is 10.2 Å². The number of carbonyl (C=O) groups is 2. The van der Waals surface area contributed by atoms with Gasteiger partial charge in [0.1, 0.15) is 12.1 Å². The first-order valence-corrected chi connectivity index (χ1v) is 9.88. The van der Waals surface area contributed by atoms with Crippen LogP contribution in [0.25, 0.3) is 11.5 Å². The largest absolute Gasteiger partial charge is 0.444 e. The highest BCUT2D eigenvalue weighted by atomic mass is 16.3. The molecule has 3 aromatic rings. The first kappa shape index (κ1) is 19.6. The molecule has 3 heterocycles. The average Bonchev–Trinajstić information content (AvgIpc) is 3.23. The minimum Gasteiger partial charge on any atom is -0.444 e. The van der Waals surface area contributed by atoms with Crippen molar-refractivity contribution in [2.24, 2.45) is 11.7 Å². The number of benzene rings is 1. The maximum atomic E-state index is 12.3. The van der Waals surface area contributed by atoms with Crippen molar-refractivity contribution in [2.75, 3.05) is 23.3 Å². The van der Waals surface area contributed by atoms with Gasteiger partial charge in [0.15, 0.2) is 0 Å². The number of oxazole rings is 1. The molecule has 154 valence electrons. The summed E-state index contributed by atoms with van der Waals surface area (Å²) in [6.45, 7) is 1.41. The number of nitrogens with zero attached hydrogens (tertiary/aromatic N) is 3. The molecule has 0 spiro atoms. The van der Waals surface area contributed by atoms with Gasteiger partial charge in [-0.1, -0.05) is 18.2 Å². The van der Waals surface area contributed by atoms with Crippen LogP contribution in [0.1, 0.15) is 18.5 Å². The lowest BCUT2D eigenvalue weighted by atomic mass is 9.97. The van der Waals surface area contributed by atoms with Crippen molar-refractivity contribution >= 4 is 23.3 Å². The van der Waals surface area contributed by atoms with Gasteiger partial charge < -0.3 is 20.4 Å². The Kier molecular flexibility index (Phi) is 5.74. The third-order valence-corrected chi connectivity index (χ3v) is 5.09. The van der Waals surface area contributed by atoms with Crippen molar-refractivity contribution in [3.8, 4) is 11.5 Å². The van der Waals surface area contributed by atoms with Gasteiger partial charge in [-0.05, 0) is 37.1 Å². The third kappa shape index (κ3) is 4.65. The molecule has 1 aromatic carbocycles. The fourth-order valence-electron chi connectivity index (χ4n) is 3.54. The number of amides is 2. The third-order valence-electron chi connectivity index (χ3n) is 5.09. The number of primary amides is 1. The van der Waals surface area contributed by atoms with Crippen LogP contribution in [-0.4, -0.2) is 34.9 Å². The second-order valence-corrected chi connectivity index (χ2v) is 7.33. The van der Waals surface area contributed by atoms with Crippen LogP contribution in [0.4, 0.5) is 11.5 Å². The summed E-state index contributed by atoms with van der Waals surface area (Å²) in [4.78, 5) is 34.6. The monoisotopic (exact) mass is 405 g/mol. The topological polar surface area (TPSA) is 114 Å². The number of carbonyl (C=O) groups excluding carboxylic acids is 2. The van der Waals surface area contributed by atoms with E-state index in [0.29, 0.717) is 23.8 Å². The van der Waals surface area contributed by atoms with Gasteiger partial charge in [0, 0.05) is 18.7 Å². The maximum absolute atomic E-state index is 12.3. The standard InChI is InChI=1S/C22H23N5O3/c23-21(29)16-7-4-10-27(13-16)19-9-8-17(12-24-19)25-20(28)11-18-14-30-22(26-18)15-5-2-1-3-6-15/h1-3,5-6,8-9,12,14,16H,4,7,10-11,13H2,(H2,23,29)(H,25,28). The van der Waals surface area contributed by atoms with E-state index in [9.17, 15) is 9.59 Å². The number of hydrogen-bond acceptors (Lipinski definition) is 6. The highest BCUT2D eigenvalue weighted by molar-refractivity contribution is 5.92. The molecule has 0 saturated carbocycles. The first-order chi connectivity index (χ1) is 14.6. The Bertz CT molecular complexity index is 1020. The molecule has 1 atom stereocenters. The molecule has 2 aromatic heterocycles. The van der Waals surface area contributed by atoms with E-state index in [1.807, 2.05) is 41.3 Å². The molecule has 3 N–H and O–H groups in total. The summed E-state index contributed by atoms with van der Waals surface area (Å²) >= 11 is 0. The van der Waals surface area contributed by atoms with Crippen molar-refractivity contribution in [2.45, 2.75) is 19.3 Å². The number of piperidine rings is 1. The van der Waals surface area contributed by atoms with Crippen LogP contribution in [0.5, 0.6) is 0 Å². The van der Waals surface area contributed by atoms with Crippen LogP contribution in [0.3, 0.4) is 0 Å². The van der Waals surface area contributed by atoms with Crippen LogP contribution in [0.2, 0.25) is 0 Å². The molecular weight excluding hydrogens is 382 g/mol. The highest BCUT2D eigenvalue weighted by Gasteiger charge is 2.24. The molecule has 8 nitrogen and oxygen atoms in total.